The predicted octanol–water partition coefficient (Wildman–Crippen LogP) is 0.116. The molecule has 2 aliphatic rings. The standard InChI is InChI=1S/C10H22O5PSi2/c11-16(14-9(17)5-1-3-7-12-9)15-10(18)6-2-4-8-13-10/h1-8H2,17-18H3/q+1. The SMILES string of the molecule is O=[P+](OC1([SiH3])CCCCO1)OC1([SiH3])CCCCO1. The summed E-state index contributed by atoms with van der Waals surface area (Å²) in [6.45, 7) is 1.38. The van der Waals surface area contributed by atoms with Crippen LogP contribution in [-0.2, 0) is 23.1 Å². The molecule has 0 aromatic rings. The smallest absolute Gasteiger partial charge is 0.350 e. The molecule has 2 rings (SSSR count). The van der Waals surface area contributed by atoms with Crippen molar-refractivity contribution in [1.29, 1.82) is 0 Å². The lowest BCUT2D eigenvalue weighted by Gasteiger charge is -2.30. The number of rotatable bonds is 4. The Morgan fingerprint density at radius 3 is 1.67 bits per heavy atom. The van der Waals surface area contributed by atoms with E-state index in [1.165, 1.54) is 0 Å². The summed E-state index contributed by atoms with van der Waals surface area (Å²) in [6.07, 6.45) is 5.87. The Morgan fingerprint density at radius 1 is 0.889 bits per heavy atom. The van der Waals surface area contributed by atoms with Crippen LogP contribution in [0.2, 0.25) is 0 Å². The van der Waals surface area contributed by atoms with Gasteiger partial charge in [-0.05, 0) is 25.7 Å². The zero-order valence-electron chi connectivity index (χ0n) is 11.1. The molecule has 2 saturated heterocycles. The highest BCUT2D eigenvalue weighted by Gasteiger charge is 2.45. The topological polar surface area (TPSA) is 54.0 Å². The Morgan fingerprint density at radius 2 is 1.33 bits per heavy atom. The van der Waals surface area contributed by atoms with Gasteiger partial charge in [0.15, 0.2) is 10.8 Å². The highest BCUT2D eigenvalue weighted by molar-refractivity contribution is 7.33. The zero-order valence-corrected chi connectivity index (χ0v) is 16.0. The molecule has 18 heavy (non-hydrogen) atoms. The summed E-state index contributed by atoms with van der Waals surface area (Å²) in [6, 6.07) is 0. The maximum Gasteiger partial charge on any atom is 0.702 e. The monoisotopic (exact) mass is 309 g/mol. The molecule has 2 atom stereocenters. The van der Waals surface area contributed by atoms with Crippen molar-refractivity contribution in [2.24, 2.45) is 0 Å². The first kappa shape index (κ1) is 14.8. The average molecular weight is 309 g/mol. The molecule has 0 aliphatic carbocycles. The number of hydrogen-bond acceptors (Lipinski definition) is 5. The maximum atomic E-state index is 12.0. The van der Waals surface area contributed by atoms with Gasteiger partial charge in [0.25, 0.3) is 0 Å². The van der Waals surface area contributed by atoms with E-state index in [2.05, 4.69) is 0 Å². The van der Waals surface area contributed by atoms with E-state index in [0.29, 0.717) is 33.7 Å². The van der Waals surface area contributed by atoms with E-state index >= 15 is 0 Å². The molecule has 2 unspecified atom stereocenters. The van der Waals surface area contributed by atoms with Crippen molar-refractivity contribution in [1.82, 2.24) is 0 Å². The predicted molar refractivity (Wildman–Crippen MR) is 74.7 cm³/mol. The first-order valence-electron chi connectivity index (χ1n) is 6.65. The second-order valence-corrected chi connectivity index (χ2v) is 9.14. The summed E-state index contributed by atoms with van der Waals surface area (Å²) >= 11 is 0. The molecule has 0 aromatic heterocycles. The Hall–Kier alpha value is 0.374. The van der Waals surface area contributed by atoms with Crippen LogP contribution in [0.25, 0.3) is 0 Å². The van der Waals surface area contributed by atoms with Crippen LogP contribution in [0.5, 0.6) is 0 Å². The van der Waals surface area contributed by atoms with E-state index in [4.69, 9.17) is 18.5 Å². The second kappa shape index (κ2) is 6.22. The van der Waals surface area contributed by atoms with E-state index in [0.717, 1.165) is 38.5 Å². The highest BCUT2D eigenvalue weighted by Crippen LogP contribution is 2.40. The van der Waals surface area contributed by atoms with Crippen LogP contribution in [-0.4, -0.2) is 44.5 Å². The fourth-order valence-corrected chi connectivity index (χ4v) is 5.26. The van der Waals surface area contributed by atoms with E-state index < -0.39 is 19.1 Å². The second-order valence-electron chi connectivity index (χ2n) is 5.28. The van der Waals surface area contributed by atoms with Gasteiger partial charge in [0.2, 0.25) is 0 Å². The third-order valence-corrected chi connectivity index (χ3v) is 7.14. The molecule has 2 fully saturated rings. The molecule has 2 aliphatic heterocycles. The molecule has 0 bridgehead atoms. The fraction of sp³-hybridized carbons (Fsp3) is 1.00. The first-order chi connectivity index (χ1) is 8.52. The molecule has 0 saturated carbocycles. The van der Waals surface area contributed by atoms with Crippen LogP contribution in [0, 0.1) is 0 Å². The van der Waals surface area contributed by atoms with Crippen molar-refractivity contribution in [3.8, 4) is 0 Å². The third-order valence-electron chi connectivity index (χ3n) is 3.40. The van der Waals surface area contributed by atoms with Gasteiger partial charge in [0.05, 0.1) is 20.5 Å². The molecule has 0 aromatic carbocycles. The minimum atomic E-state index is -2.15. The number of ether oxygens (including phenoxy) is 2. The quantitative estimate of drug-likeness (QED) is 0.545. The van der Waals surface area contributed by atoms with Gasteiger partial charge in [-0.2, -0.15) is 0 Å². The van der Waals surface area contributed by atoms with Gasteiger partial charge in [0.1, 0.15) is 0 Å². The lowest BCUT2D eigenvalue weighted by molar-refractivity contribution is -0.172. The minimum absolute atomic E-state index is 0.627. The zero-order chi connectivity index (χ0) is 13.1. The Kier molecular flexibility index (Phi) is 5.10. The van der Waals surface area contributed by atoms with Gasteiger partial charge in [-0.3, -0.25) is 0 Å². The van der Waals surface area contributed by atoms with Crippen molar-refractivity contribution in [3.05, 3.63) is 0 Å². The first-order valence-corrected chi connectivity index (χ1v) is 9.74. The fourth-order valence-electron chi connectivity index (χ4n) is 2.29. The highest BCUT2D eigenvalue weighted by atomic mass is 31.1. The number of hydrogen-bond donors (Lipinski definition) is 0. The molecule has 0 amide bonds. The molecule has 0 radical (unpaired) electrons. The van der Waals surface area contributed by atoms with Gasteiger partial charge in [-0.15, -0.1) is 0 Å². The molecule has 5 nitrogen and oxygen atoms in total. The van der Waals surface area contributed by atoms with Gasteiger partial charge < -0.3 is 9.47 Å². The van der Waals surface area contributed by atoms with Crippen molar-refractivity contribution >= 4 is 28.7 Å². The van der Waals surface area contributed by atoms with Crippen LogP contribution in [0.4, 0.5) is 0 Å². The lowest BCUT2D eigenvalue weighted by Crippen LogP contribution is -2.40. The summed E-state index contributed by atoms with van der Waals surface area (Å²) in [7, 11) is -0.755. The van der Waals surface area contributed by atoms with Crippen molar-refractivity contribution in [2.75, 3.05) is 13.2 Å². The van der Waals surface area contributed by atoms with Crippen LogP contribution in [0.15, 0.2) is 0 Å². The van der Waals surface area contributed by atoms with E-state index in [1.54, 1.807) is 0 Å². The van der Waals surface area contributed by atoms with Crippen molar-refractivity contribution < 1.29 is 23.1 Å². The molecule has 0 N–H and O–H groups in total. The largest absolute Gasteiger partial charge is 0.702 e. The van der Waals surface area contributed by atoms with Crippen LogP contribution >= 0.6 is 8.25 Å². The van der Waals surface area contributed by atoms with Gasteiger partial charge >= 0.3 is 8.25 Å². The van der Waals surface area contributed by atoms with Gasteiger partial charge in [0, 0.05) is 30.6 Å². The van der Waals surface area contributed by atoms with Crippen LogP contribution in [0.3, 0.4) is 0 Å². The summed E-state index contributed by atoms with van der Waals surface area (Å²) in [5.74, 6) is 0. The van der Waals surface area contributed by atoms with Gasteiger partial charge in [-0.25, -0.2) is 0 Å². The third kappa shape index (κ3) is 4.19. The lowest BCUT2D eigenvalue weighted by atomic mass is 10.2. The van der Waals surface area contributed by atoms with Crippen molar-refractivity contribution in [3.63, 3.8) is 0 Å². The van der Waals surface area contributed by atoms with Crippen LogP contribution < -0.4 is 0 Å². The Labute approximate surface area is 115 Å². The van der Waals surface area contributed by atoms with Crippen LogP contribution in [0.1, 0.15) is 38.5 Å². The Bertz CT molecular complexity index is 275. The van der Waals surface area contributed by atoms with E-state index in [9.17, 15) is 4.57 Å². The molecule has 8 heteroatoms. The molecule has 104 valence electrons. The van der Waals surface area contributed by atoms with Gasteiger partial charge in [-0.1, -0.05) is 9.05 Å². The summed E-state index contributed by atoms with van der Waals surface area (Å²) in [4.78, 5) is 0. The average Bonchev–Trinajstić information content (AvgIpc) is 2.29. The molecule has 0 spiro atoms. The summed E-state index contributed by atoms with van der Waals surface area (Å²) < 4.78 is 34.2. The molecular formula is C10H22O5PSi2+. The van der Waals surface area contributed by atoms with E-state index in [-0.39, 0.29) is 0 Å². The minimum Gasteiger partial charge on any atom is -0.350 e. The molecular weight excluding hydrogens is 287 g/mol. The van der Waals surface area contributed by atoms with Crippen molar-refractivity contribution in [2.45, 2.75) is 49.3 Å². The Balaban J connectivity index is 1.83. The normalized spacial score (nSPS) is 38.8. The summed E-state index contributed by atoms with van der Waals surface area (Å²) in [5, 5.41) is 0. The summed E-state index contributed by atoms with van der Waals surface area (Å²) in [5.41, 5.74) is -1.25. The maximum absolute atomic E-state index is 12.0. The molecule has 2 heterocycles. The van der Waals surface area contributed by atoms with E-state index in [1.807, 2.05) is 0 Å².